The van der Waals surface area contributed by atoms with Crippen molar-refractivity contribution in [3.63, 3.8) is 0 Å². The second-order valence-electron chi connectivity index (χ2n) is 5.87. The minimum atomic E-state index is -0.318. The van der Waals surface area contributed by atoms with Crippen LogP contribution in [0.15, 0.2) is 60.8 Å². The van der Waals surface area contributed by atoms with Gasteiger partial charge < -0.3 is 9.47 Å². The maximum atomic E-state index is 13.7. The smallest absolute Gasteiger partial charge is 0.149 e. The number of nitrogens with zero attached hydrogens (tertiary/aromatic N) is 1. The molecule has 2 aromatic carbocycles. The van der Waals surface area contributed by atoms with E-state index in [0.717, 1.165) is 43.4 Å². The molecule has 0 saturated heterocycles. The molecule has 1 heterocycles. The van der Waals surface area contributed by atoms with Crippen molar-refractivity contribution in [2.45, 2.75) is 25.7 Å². The quantitative estimate of drug-likeness (QED) is 0.490. The molecule has 130 valence electrons. The van der Waals surface area contributed by atoms with Crippen LogP contribution in [-0.4, -0.2) is 18.2 Å². The Hall–Kier alpha value is -2.62. The van der Waals surface area contributed by atoms with Crippen molar-refractivity contribution < 1.29 is 13.9 Å². The predicted molar refractivity (Wildman–Crippen MR) is 97.6 cm³/mol. The average Bonchev–Trinajstić information content (AvgIpc) is 2.65. The van der Waals surface area contributed by atoms with Crippen LogP contribution in [0.25, 0.3) is 10.9 Å². The molecule has 25 heavy (non-hydrogen) atoms. The van der Waals surface area contributed by atoms with Crippen molar-refractivity contribution in [3.8, 4) is 11.5 Å². The molecule has 0 unspecified atom stereocenters. The molecular weight excluding hydrogens is 317 g/mol. The number of pyridine rings is 1. The van der Waals surface area contributed by atoms with Gasteiger partial charge in [0.15, 0.2) is 0 Å². The highest BCUT2D eigenvalue weighted by Crippen LogP contribution is 2.25. The lowest BCUT2D eigenvalue weighted by Gasteiger charge is -2.09. The summed E-state index contributed by atoms with van der Waals surface area (Å²) in [5, 5.41) is 0.721. The van der Waals surface area contributed by atoms with Crippen molar-refractivity contribution in [2.75, 3.05) is 13.2 Å². The Morgan fingerprint density at radius 1 is 0.760 bits per heavy atom. The molecular formula is C21H22FNO2. The van der Waals surface area contributed by atoms with E-state index in [0.29, 0.717) is 17.9 Å². The van der Waals surface area contributed by atoms with Crippen molar-refractivity contribution in [2.24, 2.45) is 0 Å². The molecule has 0 aliphatic rings. The van der Waals surface area contributed by atoms with Gasteiger partial charge in [-0.05, 0) is 56.0 Å². The van der Waals surface area contributed by atoms with Gasteiger partial charge in [-0.2, -0.15) is 0 Å². The van der Waals surface area contributed by atoms with E-state index >= 15 is 0 Å². The van der Waals surface area contributed by atoms with Crippen molar-refractivity contribution in [1.82, 2.24) is 4.98 Å². The number of aromatic nitrogens is 1. The topological polar surface area (TPSA) is 31.4 Å². The molecule has 0 aliphatic heterocycles. The number of hydrogen-bond donors (Lipinski definition) is 0. The van der Waals surface area contributed by atoms with Crippen LogP contribution in [0.3, 0.4) is 0 Å². The van der Waals surface area contributed by atoms with Crippen LogP contribution < -0.4 is 9.47 Å². The first-order valence-electron chi connectivity index (χ1n) is 8.68. The van der Waals surface area contributed by atoms with Gasteiger partial charge in [0, 0.05) is 11.6 Å². The molecule has 0 amide bonds. The maximum Gasteiger partial charge on any atom is 0.149 e. The summed E-state index contributed by atoms with van der Waals surface area (Å²) < 4.78 is 25.2. The third-order valence-electron chi connectivity index (χ3n) is 3.99. The Balaban J connectivity index is 1.35. The number of halogens is 1. The van der Waals surface area contributed by atoms with Crippen LogP contribution in [0.5, 0.6) is 11.5 Å². The molecule has 3 aromatic rings. The molecule has 0 saturated carbocycles. The minimum Gasteiger partial charge on any atom is -0.494 e. The van der Waals surface area contributed by atoms with Gasteiger partial charge in [-0.15, -0.1) is 0 Å². The standard InChI is InChI=1S/C21H22FNO2/c22-19-12-8-11-18-20(13-14-23-21(18)19)25-16-7-2-1-6-15-24-17-9-4-3-5-10-17/h3-5,8-14H,1-2,6-7,15-16H2. The Bertz CT molecular complexity index is 792. The zero-order valence-electron chi connectivity index (χ0n) is 14.2. The molecule has 0 N–H and O–H groups in total. The second kappa shape index (κ2) is 9.02. The highest BCUT2D eigenvalue weighted by atomic mass is 19.1. The molecule has 0 spiro atoms. The molecule has 0 radical (unpaired) electrons. The largest absolute Gasteiger partial charge is 0.494 e. The average molecular weight is 339 g/mol. The fourth-order valence-electron chi connectivity index (χ4n) is 2.69. The van der Waals surface area contributed by atoms with Crippen LogP contribution in [0.4, 0.5) is 4.39 Å². The molecule has 4 heteroatoms. The van der Waals surface area contributed by atoms with E-state index in [-0.39, 0.29) is 5.82 Å². The number of fused-ring (bicyclic) bond motifs is 1. The monoisotopic (exact) mass is 339 g/mol. The Kier molecular flexibility index (Phi) is 6.21. The fourth-order valence-corrected chi connectivity index (χ4v) is 2.69. The molecule has 3 nitrogen and oxygen atoms in total. The molecule has 0 aliphatic carbocycles. The van der Waals surface area contributed by atoms with Gasteiger partial charge in [0.1, 0.15) is 22.8 Å². The first kappa shape index (κ1) is 17.2. The van der Waals surface area contributed by atoms with E-state index in [9.17, 15) is 4.39 Å². The zero-order chi connectivity index (χ0) is 17.3. The third kappa shape index (κ3) is 4.92. The number of rotatable bonds is 9. The normalized spacial score (nSPS) is 10.8. The summed E-state index contributed by atoms with van der Waals surface area (Å²) in [6.45, 7) is 1.36. The van der Waals surface area contributed by atoms with Crippen molar-refractivity contribution in [1.29, 1.82) is 0 Å². The first-order valence-corrected chi connectivity index (χ1v) is 8.68. The van der Waals surface area contributed by atoms with E-state index in [1.54, 1.807) is 18.3 Å². The molecule has 3 rings (SSSR count). The summed E-state index contributed by atoms with van der Waals surface area (Å²) in [6.07, 6.45) is 5.75. The Labute approximate surface area is 147 Å². The van der Waals surface area contributed by atoms with Crippen LogP contribution >= 0.6 is 0 Å². The lowest BCUT2D eigenvalue weighted by atomic mass is 10.2. The molecule has 0 atom stereocenters. The van der Waals surface area contributed by atoms with Crippen LogP contribution in [0, 0.1) is 5.82 Å². The van der Waals surface area contributed by atoms with Gasteiger partial charge in [0.25, 0.3) is 0 Å². The lowest BCUT2D eigenvalue weighted by Crippen LogP contribution is -2.00. The maximum absolute atomic E-state index is 13.7. The Morgan fingerprint density at radius 2 is 1.52 bits per heavy atom. The van der Waals surface area contributed by atoms with Gasteiger partial charge in [-0.3, -0.25) is 4.98 Å². The SMILES string of the molecule is Fc1cccc2c(OCCCCCCOc3ccccc3)ccnc12. The van der Waals surface area contributed by atoms with Crippen molar-refractivity contribution >= 4 is 10.9 Å². The van der Waals surface area contributed by atoms with Gasteiger partial charge in [-0.1, -0.05) is 24.3 Å². The first-order chi connectivity index (χ1) is 12.3. The number of benzene rings is 2. The molecule has 0 fully saturated rings. The van der Waals surface area contributed by atoms with E-state index in [2.05, 4.69) is 4.98 Å². The summed E-state index contributed by atoms with van der Waals surface area (Å²) >= 11 is 0. The van der Waals surface area contributed by atoms with Crippen LogP contribution in [0.2, 0.25) is 0 Å². The van der Waals surface area contributed by atoms with E-state index in [4.69, 9.17) is 9.47 Å². The number of ether oxygens (including phenoxy) is 2. The lowest BCUT2D eigenvalue weighted by molar-refractivity contribution is 0.289. The Morgan fingerprint density at radius 3 is 2.32 bits per heavy atom. The highest BCUT2D eigenvalue weighted by molar-refractivity contribution is 5.85. The van der Waals surface area contributed by atoms with E-state index in [1.165, 1.54) is 6.07 Å². The highest BCUT2D eigenvalue weighted by Gasteiger charge is 2.06. The summed E-state index contributed by atoms with van der Waals surface area (Å²) in [5.74, 6) is 1.29. The summed E-state index contributed by atoms with van der Waals surface area (Å²) in [5.41, 5.74) is 0.359. The van der Waals surface area contributed by atoms with E-state index in [1.807, 2.05) is 36.4 Å². The summed E-state index contributed by atoms with van der Waals surface area (Å²) in [7, 11) is 0. The van der Waals surface area contributed by atoms with E-state index < -0.39 is 0 Å². The van der Waals surface area contributed by atoms with Gasteiger partial charge >= 0.3 is 0 Å². The van der Waals surface area contributed by atoms with Crippen LogP contribution in [0.1, 0.15) is 25.7 Å². The summed E-state index contributed by atoms with van der Waals surface area (Å²) in [6, 6.07) is 16.6. The minimum absolute atomic E-state index is 0.318. The second-order valence-corrected chi connectivity index (χ2v) is 5.87. The number of para-hydroxylation sites is 2. The van der Waals surface area contributed by atoms with Gasteiger partial charge in [0.2, 0.25) is 0 Å². The van der Waals surface area contributed by atoms with Crippen LogP contribution in [-0.2, 0) is 0 Å². The van der Waals surface area contributed by atoms with Gasteiger partial charge in [-0.25, -0.2) is 4.39 Å². The summed E-state index contributed by atoms with van der Waals surface area (Å²) in [4.78, 5) is 4.08. The van der Waals surface area contributed by atoms with Crippen molar-refractivity contribution in [3.05, 3.63) is 66.6 Å². The fraction of sp³-hybridized carbons (Fsp3) is 0.286. The third-order valence-corrected chi connectivity index (χ3v) is 3.99. The van der Waals surface area contributed by atoms with Gasteiger partial charge in [0.05, 0.1) is 13.2 Å². The molecule has 1 aromatic heterocycles. The molecule has 0 bridgehead atoms. The number of hydrogen-bond acceptors (Lipinski definition) is 3. The number of unbranched alkanes of at least 4 members (excludes halogenated alkanes) is 3. The zero-order valence-corrected chi connectivity index (χ0v) is 14.2. The predicted octanol–water partition coefficient (Wildman–Crippen LogP) is 5.39.